The zero-order chi connectivity index (χ0) is 44.7. The Morgan fingerprint density at radius 3 is 0.714 bits per heavy atom. The smallest absolute Gasteiger partial charge is 0.142 e. The molecule has 0 aliphatic heterocycles. The zero-order valence-electron chi connectivity index (χ0n) is 39.1. The van der Waals surface area contributed by atoms with E-state index in [0.29, 0.717) is 53.8 Å². The molecule has 0 radical (unpaired) electrons. The Balaban J connectivity index is 1.89. The van der Waals surface area contributed by atoms with Crippen molar-refractivity contribution in [2.75, 3.05) is 19.8 Å². The topological polar surface area (TPSA) is 99.1 Å². The van der Waals surface area contributed by atoms with Gasteiger partial charge in [-0.15, -0.1) is 0 Å². The highest BCUT2D eigenvalue weighted by molar-refractivity contribution is 5.99. The van der Waals surface area contributed by atoms with Gasteiger partial charge in [-0.3, -0.25) is 0 Å². The molecule has 63 heavy (non-hydrogen) atoms. The number of nitriles is 3. The van der Waals surface area contributed by atoms with Gasteiger partial charge in [-0.25, -0.2) is 0 Å². The van der Waals surface area contributed by atoms with Gasteiger partial charge in [0, 0.05) is 0 Å². The van der Waals surface area contributed by atoms with Crippen molar-refractivity contribution < 1.29 is 14.2 Å². The van der Waals surface area contributed by atoms with E-state index >= 15 is 0 Å². The Morgan fingerprint density at radius 2 is 0.508 bits per heavy atom. The van der Waals surface area contributed by atoms with Crippen LogP contribution in [-0.4, -0.2) is 19.8 Å². The van der Waals surface area contributed by atoms with Gasteiger partial charge in [0.15, 0.2) is 0 Å². The molecule has 0 saturated carbocycles. The molecule has 0 aliphatic carbocycles. The molecule has 4 aromatic rings. The Morgan fingerprint density at radius 1 is 0.302 bits per heavy atom. The summed E-state index contributed by atoms with van der Waals surface area (Å²) >= 11 is 0. The van der Waals surface area contributed by atoms with Crippen LogP contribution in [0.15, 0.2) is 72.8 Å². The van der Waals surface area contributed by atoms with Crippen LogP contribution < -0.4 is 14.2 Å². The molecule has 0 bridgehead atoms. The molecule has 0 atom stereocenters. The van der Waals surface area contributed by atoms with Gasteiger partial charge in [-0.05, 0) is 72.4 Å². The molecule has 0 saturated heterocycles. The highest BCUT2D eigenvalue weighted by atomic mass is 16.5. The Bertz CT molecular complexity index is 1750. The lowest BCUT2D eigenvalue weighted by atomic mass is 9.88. The minimum absolute atomic E-state index is 0.521. The first-order valence-corrected chi connectivity index (χ1v) is 24.7. The van der Waals surface area contributed by atoms with Crippen molar-refractivity contribution in [1.29, 1.82) is 15.8 Å². The van der Waals surface area contributed by atoms with E-state index in [1.807, 2.05) is 72.8 Å². The molecule has 0 aliphatic rings. The fourth-order valence-corrected chi connectivity index (χ4v) is 8.27. The van der Waals surface area contributed by atoms with Crippen LogP contribution in [0.25, 0.3) is 33.4 Å². The molecule has 0 fully saturated rings. The van der Waals surface area contributed by atoms with E-state index in [1.54, 1.807) is 0 Å². The Kier molecular flexibility index (Phi) is 24.6. The van der Waals surface area contributed by atoms with Crippen molar-refractivity contribution in [3.05, 3.63) is 89.5 Å². The van der Waals surface area contributed by atoms with E-state index in [1.165, 1.54) is 116 Å². The summed E-state index contributed by atoms with van der Waals surface area (Å²) in [5.41, 5.74) is 6.82. The van der Waals surface area contributed by atoms with Crippen LogP contribution in [-0.2, 0) is 0 Å². The van der Waals surface area contributed by atoms with E-state index in [4.69, 9.17) is 14.2 Å². The van der Waals surface area contributed by atoms with Crippen molar-refractivity contribution in [3.63, 3.8) is 0 Å². The first-order chi connectivity index (χ1) is 31.1. The monoisotopic (exact) mass is 850 g/mol. The summed E-state index contributed by atoms with van der Waals surface area (Å²) in [4.78, 5) is 0. The van der Waals surface area contributed by atoms with Crippen LogP contribution >= 0.6 is 0 Å². The summed E-state index contributed by atoms with van der Waals surface area (Å²) < 4.78 is 21.3. The maximum absolute atomic E-state index is 9.83. The van der Waals surface area contributed by atoms with Crippen molar-refractivity contribution >= 4 is 0 Å². The highest BCUT2D eigenvalue weighted by Crippen LogP contribution is 2.57. The largest absolute Gasteiger partial charge is 0.492 e. The molecule has 0 unspecified atom stereocenters. The van der Waals surface area contributed by atoms with Gasteiger partial charge in [-0.1, -0.05) is 192 Å². The second-order valence-corrected chi connectivity index (χ2v) is 17.1. The molecule has 6 nitrogen and oxygen atoms in total. The standard InChI is InChI=1S/C57H75N3O3/c1-4-7-10-13-16-19-22-25-40-61-55-52(49-34-28-46(43-58)29-35-49)56(62-41-26-23-20-17-14-11-8-5-2)54(51-38-32-48(45-60)33-39-51)57(53(55)50-36-30-47(44-59)31-37-50)63-42-27-24-21-18-15-12-9-6-3/h28-39H,4-27,40-42H2,1-3H3. The summed E-state index contributed by atoms with van der Waals surface area (Å²) in [6.45, 7) is 8.33. The third-order valence-corrected chi connectivity index (χ3v) is 12.0. The molecular weight excluding hydrogens is 775 g/mol. The summed E-state index contributed by atoms with van der Waals surface area (Å²) in [5.74, 6) is 2.05. The first-order valence-electron chi connectivity index (χ1n) is 24.7. The normalized spacial score (nSPS) is 10.9. The second kappa shape index (κ2) is 30.7. The number of benzene rings is 4. The van der Waals surface area contributed by atoms with Crippen LogP contribution in [0.4, 0.5) is 0 Å². The number of hydrogen-bond acceptors (Lipinski definition) is 6. The first kappa shape index (κ1) is 50.4. The number of nitrogens with zero attached hydrogens (tertiary/aromatic N) is 3. The van der Waals surface area contributed by atoms with Gasteiger partial charge in [0.2, 0.25) is 0 Å². The van der Waals surface area contributed by atoms with Crippen LogP contribution in [0.2, 0.25) is 0 Å². The van der Waals surface area contributed by atoms with E-state index in [9.17, 15) is 15.8 Å². The van der Waals surface area contributed by atoms with Gasteiger partial charge in [0.1, 0.15) is 17.2 Å². The van der Waals surface area contributed by atoms with Gasteiger partial charge in [0.25, 0.3) is 0 Å². The molecule has 336 valence electrons. The quantitative estimate of drug-likeness (QED) is 0.0443. The van der Waals surface area contributed by atoms with Crippen molar-refractivity contribution in [2.24, 2.45) is 0 Å². The van der Waals surface area contributed by atoms with Crippen molar-refractivity contribution in [3.8, 4) is 68.8 Å². The lowest BCUT2D eigenvalue weighted by Crippen LogP contribution is -2.09. The molecule has 0 N–H and O–H groups in total. The number of hydrogen-bond donors (Lipinski definition) is 0. The highest BCUT2D eigenvalue weighted by Gasteiger charge is 2.31. The van der Waals surface area contributed by atoms with Gasteiger partial charge >= 0.3 is 0 Å². The lowest BCUT2D eigenvalue weighted by Gasteiger charge is -2.27. The summed E-state index contributed by atoms with van der Waals surface area (Å²) in [5, 5.41) is 29.5. The Hall–Kier alpha value is -5.25. The maximum Gasteiger partial charge on any atom is 0.142 e. The lowest BCUT2D eigenvalue weighted by molar-refractivity contribution is 0.280. The van der Waals surface area contributed by atoms with E-state index in [0.717, 1.165) is 71.9 Å². The predicted octanol–water partition coefficient (Wildman–Crippen LogP) is 16.9. The molecule has 0 heterocycles. The maximum atomic E-state index is 9.83. The fourth-order valence-electron chi connectivity index (χ4n) is 8.27. The number of rotatable bonds is 33. The zero-order valence-corrected chi connectivity index (χ0v) is 39.1. The fraction of sp³-hybridized carbons (Fsp3) is 0.526. The van der Waals surface area contributed by atoms with Gasteiger partial charge in [0.05, 0.1) is 71.4 Å². The molecule has 6 heteroatoms. The SMILES string of the molecule is CCCCCCCCCCOc1c(-c2ccc(C#N)cc2)c(OCCCCCCCCCC)c(-c2ccc(C#N)cc2)c(OCCCCCCCCCC)c1-c1ccc(C#N)cc1. The summed E-state index contributed by atoms with van der Waals surface area (Å²) in [7, 11) is 0. The number of ether oxygens (including phenoxy) is 3. The number of unbranched alkanes of at least 4 members (excludes halogenated alkanes) is 21. The van der Waals surface area contributed by atoms with Gasteiger partial charge in [-0.2, -0.15) is 15.8 Å². The molecule has 0 spiro atoms. The predicted molar refractivity (Wildman–Crippen MR) is 261 cm³/mol. The Labute approximate surface area is 381 Å². The van der Waals surface area contributed by atoms with E-state index in [-0.39, 0.29) is 0 Å². The summed E-state index contributed by atoms with van der Waals surface area (Å²) in [6, 6.07) is 30.0. The van der Waals surface area contributed by atoms with E-state index < -0.39 is 0 Å². The van der Waals surface area contributed by atoms with Crippen LogP contribution in [0.5, 0.6) is 17.2 Å². The van der Waals surface area contributed by atoms with E-state index in [2.05, 4.69) is 39.0 Å². The van der Waals surface area contributed by atoms with Gasteiger partial charge < -0.3 is 14.2 Å². The van der Waals surface area contributed by atoms with Crippen LogP contribution in [0.1, 0.15) is 192 Å². The summed E-state index contributed by atoms with van der Waals surface area (Å²) in [6.07, 6.45) is 28.5. The molecule has 4 rings (SSSR count). The average Bonchev–Trinajstić information content (AvgIpc) is 3.32. The third-order valence-electron chi connectivity index (χ3n) is 12.0. The minimum Gasteiger partial charge on any atom is -0.492 e. The third kappa shape index (κ3) is 17.1. The molecule has 0 amide bonds. The van der Waals surface area contributed by atoms with Crippen LogP contribution in [0.3, 0.4) is 0 Å². The van der Waals surface area contributed by atoms with Crippen molar-refractivity contribution in [2.45, 2.75) is 175 Å². The molecule has 4 aromatic carbocycles. The second-order valence-electron chi connectivity index (χ2n) is 17.1. The van der Waals surface area contributed by atoms with Crippen LogP contribution in [0, 0.1) is 34.0 Å². The molecular formula is C57H75N3O3. The van der Waals surface area contributed by atoms with Crippen molar-refractivity contribution in [1.82, 2.24) is 0 Å². The minimum atomic E-state index is 0.521. The average molecular weight is 850 g/mol. The molecule has 0 aromatic heterocycles.